The fraction of sp³-hybridized carbons (Fsp3) is 0.500. The highest BCUT2D eigenvalue weighted by atomic mass is 79.9. The van der Waals surface area contributed by atoms with Gasteiger partial charge in [-0.3, -0.25) is 0 Å². The van der Waals surface area contributed by atoms with E-state index in [-0.39, 0.29) is 6.09 Å². The van der Waals surface area contributed by atoms with Crippen molar-refractivity contribution >= 4 is 32.9 Å². The van der Waals surface area contributed by atoms with Crippen molar-refractivity contribution in [3.8, 4) is 0 Å². The van der Waals surface area contributed by atoms with Crippen molar-refractivity contribution in [1.29, 1.82) is 0 Å². The van der Waals surface area contributed by atoms with Crippen LogP contribution < -0.4 is 0 Å². The van der Waals surface area contributed by atoms with Crippen molar-refractivity contribution in [2.45, 2.75) is 45.3 Å². The highest BCUT2D eigenvalue weighted by molar-refractivity contribution is 9.10. The molecule has 2 heterocycles. The van der Waals surface area contributed by atoms with E-state index in [1.165, 1.54) is 10.9 Å². The fourth-order valence-electron chi connectivity index (χ4n) is 3.14. The van der Waals surface area contributed by atoms with Crippen molar-refractivity contribution in [2.24, 2.45) is 0 Å². The number of carbonyl (C=O) groups excluding carboxylic acids is 1. The van der Waals surface area contributed by atoms with Gasteiger partial charge in [-0.25, -0.2) is 4.79 Å². The summed E-state index contributed by atoms with van der Waals surface area (Å²) in [6, 6.07) is 8.67. The van der Waals surface area contributed by atoms with Gasteiger partial charge in [0.15, 0.2) is 0 Å². The second-order valence-electron chi connectivity index (χ2n) is 7.12. The Morgan fingerprint density at radius 2 is 2.09 bits per heavy atom. The second-order valence-corrected chi connectivity index (χ2v) is 7.97. The number of rotatable bonds is 1. The number of piperidine rings is 1. The Morgan fingerprint density at radius 1 is 1.30 bits per heavy atom. The van der Waals surface area contributed by atoms with E-state index >= 15 is 0 Å². The summed E-state index contributed by atoms with van der Waals surface area (Å²) in [6.07, 6.45) is 3.99. The van der Waals surface area contributed by atoms with Crippen LogP contribution in [0.4, 0.5) is 4.79 Å². The van der Waals surface area contributed by atoms with Gasteiger partial charge in [0.2, 0.25) is 0 Å². The third-order valence-electron chi connectivity index (χ3n) is 4.15. The van der Waals surface area contributed by atoms with Crippen molar-refractivity contribution in [2.75, 3.05) is 13.1 Å². The maximum absolute atomic E-state index is 12.3. The van der Waals surface area contributed by atoms with Gasteiger partial charge in [0, 0.05) is 34.7 Å². The standard InChI is InChI=1S/C18H23BrN2O2/c1-18(2,3)23-17(22)20-10-5-6-13(12-20)21-11-9-14-15(19)7-4-8-16(14)21/h4,7-9,11,13H,5-6,10,12H2,1-3H3/t13-/m1/s1. The van der Waals surface area contributed by atoms with Gasteiger partial charge in [-0.15, -0.1) is 0 Å². The molecule has 0 N–H and O–H groups in total. The predicted molar refractivity (Wildman–Crippen MR) is 95.7 cm³/mol. The molecular weight excluding hydrogens is 356 g/mol. The molecule has 4 nitrogen and oxygen atoms in total. The van der Waals surface area contributed by atoms with Gasteiger partial charge in [-0.1, -0.05) is 22.0 Å². The third kappa shape index (κ3) is 3.55. The molecule has 2 aromatic rings. The maximum Gasteiger partial charge on any atom is 0.410 e. The highest BCUT2D eigenvalue weighted by Crippen LogP contribution is 2.30. The molecule has 1 aromatic heterocycles. The topological polar surface area (TPSA) is 34.5 Å². The van der Waals surface area contributed by atoms with Crippen LogP contribution in [-0.2, 0) is 4.74 Å². The number of carbonyl (C=O) groups is 1. The maximum atomic E-state index is 12.3. The minimum Gasteiger partial charge on any atom is -0.444 e. The van der Waals surface area contributed by atoms with Gasteiger partial charge >= 0.3 is 6.09 Å². The van der Waals surface area contributed by atoms with E-state index in [9.17, 15) is 4.79 Å². The van der Waals surface area contributed by atoms with Gasteiger partial charge in [0.1, 0.15) is 5.60 Å². The van der Waals surface area contributed by atoms with E-state index in [0.29, 0.717) is 12.6 Å². The van der Waals surface area contributed by atoms with Gasteiger partial charge in [-0.05, 0) is 51.8 Å². The molecule has 1 atom stereocenters. The SMILES string of the molecule is CC(C)(C)OC(=O)N1CCC[C@@H](n2ccc3c(Br)cccc32)C1. The summed E-state index contributed by atoms with van der Waals surface area (Å²) < 4.78 is 8.91. The molecule has 0 aliphatic carbocycles. The lowest BCUT2D eigenvalue weighted by Gasteiger charge is -2.35. The lowest BCUT2D eigenvalue weighted by Crippen LogP contribution is -2.43. The number of nitrogens with zero attached hydrogens (tertiary/aromatic N) is 2. The first-order chi connectivity index (χ1) is 10.8. The van der Waals surface area contributed by atoms with Crippen LogP contribution in [0.25, 0.3) is 10.9 Å². The molecule has 0 bridgehead atoms. The molecular formula is C18H23BrN2O2. The number of fused-ring (bicyclic) bond motifs is 1. The molecule has 1 fully saturated rings. The number of halogens is 1. The average molecular weight is 379 g/mol. The van der Waals surface area contributed by atoms with Gasteiger partial charge in [-0.2, -0.15) is 0 Å². The molecule has 1 saturated heterocycles. The lowest BCUT2D eigenvalue weighted by atomic mass is 10.1. The number of likely N-dealkylation sites (tertiary alicyclic amines) is 1. The van der Waals surface area contributed by atoms with Crippen LogP contribution in [0.5, 0.6) is 0 Å². The molecule has 124 valence electrons. The van der Waals surface area contributed by atoms with Crippen LogP contribution in [0.2, 0.25) is 0 Å². The summed E-state index contributed by atoms with van der Waals surface area (Å²) in [6.45, 7) is 7.19. The van der Waals surface area contributed by atoms with E-state index in [2.05, 4.69) is 51.0 Å². The molecule has 0 saturated carbocycles. The average Bonchev–Trinajstić information content (AvgIpc) is 2.91. The monoisotopic (exact) mass is 378 g/mol. The number of amides is 1. The zero-order valence-corrected chi connectivity index (χ0v) is 15.5. The summed E-state index contributed by atoms with van der Waals surface area (Å²) in [7, 11) is 0. The Kier molecular flexibility index (Phi) is 4.41. The first-order valence-electron chi connectivity index (χ1n) is 8.08. The molecule has 1 aromatic carbocycles. The van der Waals surface area contributed by atoms with Crippen molar-refractivity contribution in [3.05, 3.63) is 34.9 Å². The van der Waals surface area contributed by atoms with Crippen LogP contribution >= 0.6 is 15.9 Å². The molecule has 1 aliphatic rings. The van der Waals surface area contributed by atoms with Crippen LogP contribution in [0.1, 0.15) is 39.7 Å². The number of hydrogen-bond acceptors (Lipinski definition) is 2. The molecule has 1 aliphatic heterocycles. The molecule has 3 rings (SSSR count). The third-order valence-corrected chi connectivity index (χ3v) is 4.84. The van der Waals surface area contributed by atoms with Gasteiger partial charge < -0.3 is 14.2 Å². The minimum absolute atomic E-state index is 0.208. The Morgan fingerprint density at radius 3 is 2.83 bits per heavy atom. The Balaban J connectivity index is 1.80. The Hall–Kier alpha value is -1.49. The predicted octanol–water partition coefficient (Wildman–Crippen LogP) is 4.98. The smallest absolute Gasteiger partial charge is 0.410 e. The highest BCUT2D eigenvalue weighted by Gasteiger charge is 2.28. The molecule has 0 radical (unpaired) electrons. The van der Waals surface area contributed by atoms with E-state index in [0.717, 1.165) is 23.9 Å². The van der Waals surface area contributed by atoms with E-state index in [1.807, 2.05) is 25.7 Å². The van der Waals surface area contributed by atoms with Crippen LogP contribution in [-0.4, -0.2) is 34.3 Å². The van der Waals surface area contributed by atoms with Gasteiger partial charge in [0.25, 0.3) is 0 Å². The Bertz CT molecular complexity index is 717. The number of ether oxygens (including phenoxy) is 1. The molecule has 1 amide bonds. The normalized spacial score (nSPS) is 19.1. The molecule has 0 unspecified atom stereocenters. The largest absolute Gasteiger partial charge is 0.444 e. The summed E-state index contributed by atoms with van der Waals surface area (Å²) in [5.41, 5.74) is 0.755. The first-order valence-corrected chi connectivity index (χ1v) is 8.87. The van der Waals surface area contributed by atoms with E-state index in [1.54, 1.807) is 0 Å². The van der Waals surface area contributed by atoms with E-state index < -0.39 is 5.60 Å². The fourth-order valence-corrected chi connectivity index (χ4v) is 3.63. The zero-order valence-electron chi connectivity index (χ0n) is 13.9. The number of benzene rings is 1. The summed E-state index contributed by atoms with van der Waals surface area (Å²) in [5.74, 6) is 0. The molecule has 5 heteroatoms. The van der Waals surface area contributed by atoms with Crippen molar-refractivity contribution in [1.82, 2.24) is 9.47 Å². The quantitative estimate of drug-likeness (QED) is 0.701. The second kappa shape index (κ2) is 6.19. The van der Waals surface area contributed by atoms with Crippen LogP contribution in [0, 0.1) is 0 Å². The van der Waals surface area contributed by atoms with Crippen molar-refractivity contribution < 1.29 is 9.53 Å². The number of aromatic nitrogens is 1. The summed E-state index contributed by atoms with van der Waals surface area (Å²) in [5, 5.41) is 1.21. The summed E-state index contributed by atoms with van der Waals surface area (Å²) >= 11 is 3.60. The van der Waals surface area contributed by atoms with Crippen molar-refractivity contribution in [3.63, 3.8) is 0 Å². The first kappa shape index (κ1) is 16.4. The molecule has 23 heavy (non-hydrogen) atoms. The van der Waals surface area contributed by atoms with Crippen LogP contribution in [0.3, 0.4) is 0 Å². The summed E-state index contributed by atoms with van der Waals surface area (Å²) in [4.78, 5) is 14.2. The number of hydrogen-bond donors (Lipinski definition) is 0. The van der Waals surface area contributed by atoms with E-state index in [4.69, 9.17) is 4.74 Å². The Labute approximate surface area is 145 Å². The van der Waals surface area contributed by atoms with Crippen LogP contribution in [0.15, 0.2) is 34.9 Å². The minimum atomic E-state index is -0.449. The zero-order chi connectivity index (χ0) is 16.6. The lowest BCUT2D eigenvalue weighted by molar-refractivity contribution is 0.0174. The van der Waals surface area contributed by atoms with Gasteiger partial charge in [0.05, 0.1) is 6.04 Å². The molecule has 0 spiro atoms.